The molecule has 1 rings (SSSR count). The number of carboxylic acids is 1. The summed E-state index contributed by atoms with van der Waals surface area (Å²) in [5, 5.41) is 11.7. The summed E-state index contributed by atoms with van der Waals surface area (Å²) in [6.45, 7) is 5.53. The highest BCUT2D eigenvalue weighted by molar-refractivity contribution is 5.87. The van der Waals surface area contributed by atoms with Crippen molar-refractivity contribution in [2.24, 2.45) is 5.92 Å². The summed E-state index contributed by atoms with van der Waals surface area (Å²) in [5.41, 5.74) is 6.38. The minimum atomic E-state index is -0.891. The summed E-state index contributed by atoms with van der Waals surface area (Å²) in [6, 6.07) is 7.11. The lowest BCUT2D eigenvalue weighted by molar-refractivity contribution is -0.141. The molecule has 0 spiro atoms. The number of anilines is 1. The average Bonchev–Trinajstić information content (AvgIpc) is 2.39. The molecule has 1 atom stereocenters. The lowest BCUT2D eigenvalue weighted by Gasteiger charge is -2.25. The Labute approximate surface area is 119 Å². The van der Waals surface area contributed by atoms with Crippen LogP contribution in [-0.2, 0) is 15.0 Å². The van der Waals surface area contributed by atoms with E-state index in [1.807, 2.05) is 12.1 Å². The minimum absolute atomic E-state index is 0.142. The molecule has 20 heavy (non-hydrogen) atoms. The Morgan fingerprint density at radius 1 is 1.30 bits per heavy atom. The van der Waals surface area contributed by atoms with E-state index >= 15 is 0 Å². The number of rotatable bonds is 6. The minimum Gasteiger partial charge on any atom is -0.481 e. The van der Waals surface area contributed by atoms with Gasteiger partial charge in [0.2, 0.25) is 5.91 Å². The van der Waals surface area contributed by atoms with Gasteiger partial charge < -0.3 is 16.2 Å². The van der Waals surface area contributed by atoms with Crippen molar-refractivity contribution in [2.45, 2.75) is 32.6 Å². The molecule has 1 aromatic rings. The number of hydrogen-bond donors (Lipinski definition) is 3. The lowest BCUT2D eigenvalue weighted by atomic mass is 9.83. The Morgan fingerprint density at radius 2 is 1.85 bits per heavy atom. The number of nitrogens with two attached hydrogens (primary N) is 1. The first-order chi connectivity index (χ1) is 9.28. The number of carbonyl (C=O) groups excluding carboxylic acids is 1. The molecule has 1 aromatic carbocycles. The Hall–Kier alpha value is -2.04. The third-order valence-corrected chi connectivity index (χ3v) is 3.55. The number of benzene rings is 1. The first kappa shape index (κ1) is 16.0. The molecule has 5 nitrogen and oxygen atoms in total. The van der Waals surface area contributed by atoms with E-state index in [9.17, 15) is 9.59 Å². The lowest BCUT2D eigenvalue weighted by Crippen LogP contribution is -2.43. The van der Waals surface area contributed by atoms with E-state index in [4.69, 9.17) is 10.8 Å². The van der Waals surface area contributed by atoms with Gasteiger partial charge in [0.1, 0.15) is 0 Å². The molecule has 0 fully saturated rings. The highest BCUT2D eigenvalue weighted by atomic mass is 16.4. The molecule has 0 saturated carbocycles. The average molecular weight is 278 g/mol. The Bertz CT molecular complexity index is 480. The molecule has 0 heterocycles. The molecule has 0 radical (unpaired) electrons. The largest absolute Gasteiger partial charge is 0.481 e. The molecular weight excluding hydrogens is 256 g/mol. The SMILES string of the molecule is CCC(CNC(=O)C(C)(C)c1ccc(N)cc1)C(=O)O. The Morgan fingerprint density at radius 3 is 2.30 bits per heavy atom. The van der Waals surface area contributed by atoms with Gasteiger partial charge in [-0.1, -0.05) is 19.1 Å². The zero-order valence-corrected chi connectivity index (χ0v) is 12.1. The number of hydrogen-bond acceptors (Lipinski definition) is 3. The van der Waals surface area contributed by atoms with Gasteiger partial charge in [0.15, 0.2) is 0 Å². The molecule has 110 valence electrons. The molecular formula is C15H22N2O3. The van der Waals surface area contributed by atoms with Gasteiger partial charge in [-0.3, -0.25) is 9.59 Å². The van der Waals surface area contributed by atoms with Crippen molar-refractivity contribution >= 4 is 17.6 Å². The van der Waals surface area contributed by atoms with Gasteiger partial charge >= 0.3 is 5.97 Å². The topological polar surface area (TPSA) is 92.4 Å². The van der Waals surface area contributed by atoms with E-state index in [2.05, 4.69) is 5.32 Å². The second kappa shape index (κ2) is 6.41. The third kappa shape index (κ3) is 3.73. The first-order valence-electron chi connectivity index (χ1n) is 6.66. The summed E-state index contributed by atoms with van der Waals surface area (Å²) in [6.07, 6.45) is 0.484. The number of nitrogen functional groups attached to an aromatic ring is 1. The molecule has 1 unspecified atom stereocenters. The molecule has 4 N–H and O–H groups in total. The van der Waals surface area contributed by atoms with Crippen molar-refractivity contribution in [1.82, 2.24) is 5.32 Å². The summed E-state index contributed by atoms with van der Waals surface area (Å²) < 4.78 is 0. The molecule has 0 aliphatic carbocycles. The van der Waals surface area contributed by atoms with E-state index in [1.54, 1.807) is 32.9 Å². The predicted octanol–water partition coefficient (Wildman–Crippen LogP) is 1.77. The normalized spacial score (nSPS) is 12.8. The summed E-state index contributed by atoms with van der Waals surface area (Å²) >= 11 is 0. The van der Waals surface area contributed by atoms with Gasteiger partial charge in [-0.25, -0.2) is 0 Å². The van der Waals surface area contributed by atoms with Gasteiger partial charge in [-0.2, -0.15) is 0 Å². The number of carboxylic acid groups (broad SMARTS) is 1. The van der Waals surface area contributed by atoms with E-state index < -0.39 is 17.3 Å². The van der Waals surface area contributed by atoms with Gasteiger partial charge in [-0.05, 0) is 38.0 Å². The fraction of sp³-hybridized carbons (Fsp3) is 0.467. The van der Waals surface area contributed by atoms with Crippen LogP contribution in [0.3, 0.4) is 0 Å². The van der Waals surface area contributed by atoms with Gasteiger partial charge in [0.05, 0.1) is 11.3 Å². The molecule has 0 aliphatic heterocycles. The number of aliphatic carboxylic acids is 1. The van der Waals surface area contributed by atoms with Crippen LogP contribution in [0.4, 0.5) is 5.69 Å². The highest BCUT2D eigenvalue weighted by Crippen LogP contribution is 2.24. The van der Waals surface area contributed by atoms with E-state index in [0.29, 0.717) is 12.1 Å². The summed E-state index contributed by atoms with van der Waals surface area (Å²) in [4.78, 5) is 23.2. The second-order valence-electron chi connectivity index (χ2n) is 5.40. The Kier molecular flexibility index (Phi) is 5.13. The molecule has 0 bridgehead atoms. The maximum Gasteiger partial charge on any atom is 0.308 e. The van der Waals surface area contributed by atoms with Crippen LogP contribution < -0.4 is 11.1 Å². The molecule has 0 aromatic heterocycles. The fourth-order valence-corrected chi connectivity index (χ4v) is 1.87. The Balaban J connectivity index is 2.74. The van der Waals surface area contributed by atoms with Crippen LogP contribution >= 0.6 is 0 Å². The van der Waals surface area contributed by atoms with Crippen molar-refractivity contribution in [3.05, 3.63) is 29.8 Å². The predicted molar refractivity (Wildman–Crippen MR) is 78.3 cm³/mol. The second-order valence-corrected chi connectivity index (χ2v) is 5.40. The van der Waals surface area contributed by atoms with Crippen LogP contribution in [0.1, 0.15) is 32.8 Å². The summed E-state index contributed by atoms with van der Waals surface area (Å²) in [7, 11) is 0. The fourth-order valence-electron chi connectivity index (χ4n) is 1.87. The van der Waals surface area contributed by atoms with Crippen molar-refractivity contribution in [1.29, 1.82) is 0 Å². The van der Waals surface area contributed by atoms with E-state index in [1.165, 1.54) is 0 Å². The van der Waals surface area contributed by atoms with Gasteiger partial charge in [0, 0.05) is 12.2 Å². The third-order valence-electron chi connectivity index (χ3n) is 3.55. The monoisotopic (exact) mass is 278 g/mol. The zero-order valence-electron chi connectivity index (χ0n) is 12.1. The van der Waals surface area contributed by atoms with Crippen molar-refractivity contribution in [2.75, 3.05) is 12.3 Å². The van der Waals surface area contributed by atoms with E-state index in [-0.39, 0.29) is 12.5 Å². The van der Waals surface area contributed by atoms with Crippen LogP contribution in [0.2, 0.25) is 0 Å². The number of nitrogens with one attached hydrogen (secondary N) is 1. The van der Waals surface area contributed by atoms with Gasteiger partial charge in [0.25, 0.3) is 0 Å². The smallest absolute Gasteiger partial charge is 0.308 e. The first-order valence-corrected chi connectivity index (χ1v) is 6.66. The highest BCUT2D eigenvalue weighted by Gasteiger charge is 2.30. The maximum absolute atomic E-state index is 12.3. The van der Waals surface area contributed by atoms with Gasteiger partial charge in [-0.15, -0.1) is 0 Å². The van der Waals surface area contributed by atoms with Crippen LogP contribution in [-0.4, -0.2) is 23.5 Å². The molecule has 1 amide bonds. The number of amides is 1. The molecule has 5 heteroatoms. The zero-order chi connectivity index (χ0) is 15.3. The van der Waals surface area contributed by atoms with Crippen molar-refractivity contribution in [3.63, 3.8) is 0 Å². The number of carbonyl (C=O) groups is 2. The van der Waals surface area contributed by atoms with Crippen LogP contribution in [0.15, 0.2) is 24.3 Å². The van der Waals surface area contributed by atoms with Crippen LogP contribution in [0.25, 0.3) is 0 Å². The molecule has 0 aliphatic rings. The standard InChI is InChI=1S/C15H22N2O3/c1-4-10(13(18)19)9-17-14(20)15(2,3)11-5-7-12(16)8-6-11/h5-8,10H,4,9,16H2,1-3H3,(H,17,20)(H,18,19). The molecule has 0 saturated heterocycles. The quantitative estimate of drug-likeness (QED) is 0.691. The van der Waals surface area contributed by atoms with Crippen molar-refractivity contribution < 1.29 is 14.7 Å². The van der Waals surface area contributed by atoms with E-state index in [0.717, 1.165) is 5.56 Å². The maximum atomic E-state index is 12.3. The van der Waals surface area contributed by atoms with Crippen LogP contribution in [0, 0.1) is 5.92 Å². The van der Waals surface area contributed by atoms with Crippen molar-refractivity contribution in [3.8, 4) is 0 Å². The summed E-state index contributed by atoms with van der Waals surface area (Å²) in [5.74, 6) is -1.64. The van der Waals surface area contributed by atoms with Crippen LogP contribution in [0.5, 0.6) is 0 Å².